The zero-order valence-corrected chi connectivity index (χ0v) is 15.9. The Labute approximate surface area is 163 Å². The second kappa shape index (κ2) is 8.85. The zero-order valence-electron chi connectivity index (χ0n) is 14.3. The van der Waals surface area contributed by atoms with E-state index in [0.29, 0.717) is 42.2 Å². The molecule has 0 spiro atoms. The summed E-state index contributed by atoms with van der Waals surface area (Å²) in [5.74, 6) is -0.662. The molecular weight excluding hydrogens is 421 g/mol. The standard InChI is InChI=1S/C19H17BrFNO5/c20-13-2-3-15(21)14(10-13)19(24)27-11-18(23)22-6-5-12-1-4-16-17(9-12)26-8-7-25-16/h1-4,9-10H,5-8,11H2,(H,22,23). The van der Waals surface area contributed by atoms with Gasteiger partial charge in [-0.15, -0.1) is 0 Å². The number of hydrogen-bond donors (Lipinski definition) is 1. The minimum absolute atomic E-state index is 0.228. The fourth-order valence-corrected chi connectivity index (χ4v) is 2.86. The Morgan fingerprint density at radius 3 is 2.70 bits per heavy atom. The summed E-state index contributed by atoms with van der Waals surface area (Å²) in [4.78, 5) is 23.7. The molecule has 3 rings (SSSR count). The predicted octanol–water partition coefficient (Wildman–Crippen LogP) is 2.88. The summed E-state index contributed by atoms with van der Waals surface area (Å²) < 4.78 is 30.0. The molecule has 1 heterocycles. The number of carbonyl (C=O) groups is 2. The fourth-order valence-electron chi connectivity index (χ4n) is 2.50. The molecule has 0 unspecified atom stereocenters. The van der Waals surface area contributed by atoms with Crippen LogP contribution in [0.4, 0.5) is 4.39 Å². The lowest BCUT2D eigenvalue weighted by Gasteiger charge is -2.18. The summed E-state index contributed by atoms with van der Waals surface area (Å²) in [5.41, 5.74) is 0.751. The number of rotatable bonds is 6. The molecular formula is C19H17BrFNO5. The van der Waals surface area contributed by atoms with Crippen LogP contribution in [-0.4, -0.2) is 38.2 Å². The van der Waals surface area contributed by atoms with Gasteiger partial charge in [0.1, 0.15) is 19.0 Å². The molecule has 27 heavy (non-hydrogen) atoms. The Hall–Kier alpha value is -2.61. The van der Waals surface area contributed by atoms with E-state index in [9.17, 15) is 14.0 Å². The molecule has 0 aromatic heterocycles. The second-order valence-electron chi connectivity index (χ2n) is 5.78. The summed E-state index contributed by atoms with van der Waals surface area (Å²) in [5, 5.41) is 2.65. The van der Waals surface area contributed by atoms with E-state index in [1.54, 1.807) is 0 Å². The normalized spacial score (nSPS) is 12.4. The first-order valence-corrected chi connectivity index (χ1v) is 9.09. The first kappa shape index (κ1) is 19.2. The van der Waals surface area contributed by atoms with E-state index in [2.05, 4.69) is 21.2 Å². The van der Waals surface area contributed by atoms with Crippen molar-refractivity contribution >= 4 is 27.8 Å². The van der Waals surface area contributed by atoms with Gasteiger partial charge in [0.15, 0.2) is 18.1 Å². The smallest absolute Gasteiger partial charge is 0.341 e. The van der Waals surface area contributed by atoms with Gasteiger partial charge in [0.05, 0.1) is 5.56 Å². The van der Waals surface area contributed by atoms with E-state index >= 15 is 0 Å². The summed E-state index contributed by atoms with van der Waals surface area (Å²) in [6, 6.07) is 9.52. The molecule has 0 atom stereocenters. The van der Waals surface area contributed by atoms with Crippen LogP contribution in [0.1, 0.15) is 15.9 Å². The van der Waals surface area contributed by atoms with Gasteiger partial charge >= 0.3 is 5.97 Å². The lowest BCUT2D eigenvalue weighted by atomic mass is 10.1. The molecule has 2 aromatic rings. The molecule has 6 nitrogen and oxygen atoms in total. The number of nitrogens with one attached hydrogen (secondary N) is 1. The molecule has 0 saturated carbocycles. The Kier molecular flexibility index (Phi) is 6.28. The maximum atomic E-state index is 13.6. The van der Waals surface area contributed by atoms with Gasteiger partial charge in [-0.25, -0.2) is 9.18 Å². The molecule has 0 fully saturated rings. The van der Waals surface area contributed by atoms with Crippen LogP contribution in [0.3, 0.4) is 0 Å². The highest BCUT2D eigenvalue weighted by molar-refractivity contribution is 9.10. The van der Waals surface area contributed by atoms with Crippen molar-refractivity contribution in [1.82, 2.24) is 5.32 Å². The number of fused-ring (bicyclic) bond motifs is 1. The van der Waals surface area contributed by atoms with Crippen LogP contribution in [0.2, 0.25) is 0 Å². The third-order valence-electron chi connectivity index (χ3n) is 3.83. The van der Waals surface area contributed by atoms with E-state index in [0.717, 1.165) is 11.6 Å². The highest BCUT2D eigenvalue weighted by Gasteiger charge is 2.15. The molecule has 8 heteroatoms. The summed E-state index contributed by atoms with van der Waals surface area (Å²) >= 11 is 3.15. The maximum absolute atomic E-state index is 13.6. The third kappa shape index (κ3) is 5.19. The molecule has 0 radical (unpaired) electrons. The summed E-state index contributed by atoms with van der Waals surface area (Å²) in [7, 11) is 0. The molecule has 1 N–H and O–H groups in total. The number of hydrogen-bond acceptors (Lipinski definition) is 5. The van der Waals surface area contributed by atoms with E-state index < -0.39 is 24.3 Å². The van der Waals surface area contributed by atoms with Gasteiger partial charge in [0.25, 0.3) is 5.91 Å². The number of halogens is 2. The molecule has 0 saturated heterocycles. The Morgan fingerprint density at radius 2 is 1.89 bits per heavy atom. The summed E-state index contributed by atoms with van der Waals surface area (Å²) in [6.45, 7) is 0.926. The predicted molar refractivity (Wildman–Crippen MR) is 98.5 cm³/mol. The van der Waals surface area contributed by atoms with Crippen LogP contribution in [-0.2, 0) is 16.0 Å². The fraction of sp³-hybridized carbons (Fsp3) is 0.263. The van der Waals surface area contributed by atoms with Crippen molar-refractivity contribution in [1.29, 1.82) is 0 Å². The van der Waals surface area contributed by atoms with Gasteiger partial charge in [-0.05, 0) is 42.3 Å². The monoisotopic (exact) mass is 437 g/mol. The highest BCUT2D eigenvalue weighted by atomic mass is 79.9. The van der Waals surface area contributed by atoms with Crippen molar-refractivity contribution in [3.05, 3.63) is 57.8 Å². The van der Waals surface area contributed by atoms with E-state index in [1.165, 1.54) is 12.1 Å². The van der Waals surface area contributed by atoms with Crippen LogP contribution in [0.15, 0.2) is 40.9 Å². The lowest BCUT2D eigenvalue weighted by Crippen LogP contribution is -2.30. The summed E-state index contributed by atoms with van der Waals surface area (Å²) in [6.07, 6.45) is 0.580. The quantitative estimate of drug-likeness (QED) is 0.703. The maximum Gasteiger partial charge on any atom is 0.341 e. The topological polar surface area (TPSA) is 73.9 Å². The lowest BCUT2D eigenvalue weighted by molar-refractivity contribution is -0.124. The first-order valence-electron chi connectivity index (χ1n) is 8.30. The Balaban J connectivity index is 1.43. The van der Waals surface area contributed by atoms with Crippen molar-refractivity contribution in [3.63, 3.8) is 0 Å². The highest BCUT2D eigenvalue weighted by Crippen LogP contribution is 2.30. The van der Waals surface area contributed by atoms with Crippen LogP contribution in [0.5, 0.6) is 11.5 Å². The number of benzene rings is 2. The molecule has 2 aromatic carbocycles. The number of ether oxygens (including phenoxy) is 3. The van der Waals surface area contributed by atoms with Gasteiger partial charge in [-0.3, -0.25) is 4.79 Å². The van der Waals surface area contributed by atoms with Crippen molar-refractivity contribution < 1.29 is 28.2 Å². The van der Waals surface area contributed by atoms with Crippen molar-refractivity contribution in [3.8, 4) is 11.5 Å². The van der Waals surface area contributed by atoms with Gasteiger partial charge in [0, 0.05) is 11.0 Å². The largest absolute Gasteiger partial charge is 0.486 e. The van der Waals surface area contributed by atoms with Crippen LogP contribution in [0.25, 0.3) is 0 Å². The Bertz CT molecular complexity index is 858. The van der Waals surface area contributed by atoms with Gasteiger partial charge in [0.2, 0.25) is 0 Å². The van der Waals surface area contributed by atoms with Crippen molar-refractivity contribution in [2.75, 3.05) is 26.4 Å². The van der Waals surface area contributed by atoms with Crippen LogP contribution < -0.4 is 14.8 Å². The van der Waals surface area contributed by atoms with E-state index in [1.807, 2.05) is 18.2 Å². The number of amides is 1. The van der Waals surface area contributed by atoms with Crippen LogP contribution in [0, 0.1) is 5.82 Å². The molecule has 1 aliphatic rings. The zero-order chi connectivity index (χ0) is 19.2. The molecule has 0 aliphatic carbocycles. The van der Waals surface area contributed by atoms with Gasteiger partial charge < -0.3 is 19.5 Å². The van der Waals surface area contributed by atoms with E-state index in [-0.39, 0.29) is 5.56 Å². The van der Waals surface area contributed by atoms with Crippen LogP contribution >= 0.6 is 15.9 Å². The number of esters is 1. The van der Waals surface area contributed by atoms with Gasteiger partial charge in [-0.1, -0.05) is 22.0 Å². The average molecular weight is 438 g/mol. The molecule has 142 valence electrons. The molecule has 1 amide bonds. The van der Waals surface area contributed by atoms with Crippen molar-refractivity contribution in [2.24, 2.45) is 0 Å². The SMILES string of the molecule is O=C(COC(=O)c1cc(Br)ccc1F)NCCc1ccc2c(c1)OCCO2. The van der Waals surface area contributed by atoms with Gasteiger partial charge in [-0.2, -0.15) is 0 Å². The second-order valence-corrected chi connectivity index (χ2v) is 6.69. The molecule has 1 aliphatic heterocycles. The minimum atomic E-state index is -0.893. The number of carbonyl (C=O) groups excluding carboxylic acids is 2. The van der Waals surface area contributed by atoms with Crippen molar-refractivity contribution in [2.45, 2.75) is 6.42 Å². The Morgan fingerprint density at radius 1 is 1.11 bits per heavy atom. The minimum Gasteiger partial charge on any atom is -0.486 e. The molecule has 0 bridgehead atoms. The average Bonchev–Trinajstić information content (AvgIpc) is 2.68. The van der Waals surface area contributed by atoms with E-state index in [4.69, 9.17) is 14.2 Å². The third-order valence-corrected chi connectivity index (χ3v) is 4.32. The first-order chi connectivity index (χ1) is 13.0.